The first-order valence-corrected chi connectivity index (χ1v) is 16.6. The van der Waals surface area contributed by atoms with E-state index in [9.17, 15) is 34.2 Å². The highest BCUT2D eigenvalue weighted by Gasteiger charge is 2.50. The van der Waals surface area contributed by atoms with Crippen molar-refractivity contribution in [1.29, 1.82) is 0 Å². The minimum atomic E-state index is -1.35. The maximum atomic E-state index is 13.8. The van der Waals surface area contributed by atoms with E-state index < -0.39 is 29.7 Å². The summed E-state index contributed by atoms with van der Waals surface area (Å²) in [7, 11) is 0. The number of imidazole rings is 1. The number of aromatic carboxylic acids is 2. The molecule has 1 atom stereocenters. The van der Waals surface area contributed by atoms with Crippen LogP contribution in [-0.4, -0.2) is 62.9 Å². The van der Waals surface area contributed by atoms with Crippen molar-refractivity contribution in [2.75, 3.05) is 18.4 Å². The Kier molecular flexibility index (Phi) is 8.39. The number of aromatic amines is 1. The number of aromatic nitrogens is 2. The molecule has 1 unspecified atom stereocenters. The molecule has 4 aliphatic carbocycles. The van der Waals surface area contributed by atoms with E-state index in [2.05, 4.69) is 25.9 Å². The average molecular weight is 664 g/mol. The van der Waals surface area contributed by atoms with Crippen LogP contribution in [0, 0.1) is 23.2 Å². The van der Waals surface area contributed by atoms with Crippen LogP contribution in [0.25, 0.3) is 11.0 Å². The van der Waals surface area contributed by atoms with Crippen LogP contribution >= 0.6 is 0 Å². The highest BCUT2D eigenvalue weighted by atomic mass is 16.4. The minimum absolute atomic E-state index is 0.103. The van der Waals surface area contributed by atoms with Crippen molar-refractivity contribution in [3.63, 3.8) is 0 Å². The molecular weight excluding hydrogens is 626 g/mol. The van der Waals surface area contributed by atoms with E-state index in [4.69, 9.17) is 0 Å². The summed E-state index contributed by atoms with van der Waals surface area (Å²) in [5.41, 5.74) is 1.36. The van der Waals surface area contributed by atoms with Crippen LogP contribution in [0.5, 0.6) is 0 Å². The zero-order valence-electron chi connectivity index (χ0n) is 26.7. The third kappa shape index (κ3) is 6.50. The van der Waals surface area contributed by atoms with E-state index in [1.54, 1.807) is 42.5 Å². The van der Waals surface area contributed by atoms with Gasteiger partial charge in [-0.3, -0.25) is 14.4 Å². The molecular formula is C37H37N5O7. The van der Waals surface area contributed by atoms with E-state index in [0.29, 0.717) is 23.1 Å². The number of hydrogen-bond acceptors (Lipinski definition) is 6. The molecule has 1 heterocycles. The van der Waals surface area contributed by atoms with Crippen LogP contribution in [0.3, 0.4) is 0 Å². The number of carboxylic acid groups (broad SMARTS) is 2. The van der Waals surface area contributed by atoms with E-state index in [1.807, 2.05) is 0 Å². The molecule has 4 saturated carbocycles. The number of anilines is 1. The molecule has 3 aromatic carbocycles. The van der Waals surface area contributed by atoms with Gasteiger partial charge in [0.1, 0.15) is 0 Å². The highest BCUT2D eigenvalue weighted by molar-refractivity contribution is 6.10. The first-order valence-electron chi connectivity index (χ1n) is 16.6. The summed E-state index contributed by atoms with van der Waals surface area (Å²) >= 11 is 0. The number of rotatable bonds is 11. The molecule has 12 heteroatoms. The minimum Gasteiger partial charge on any atom is -0.478 e. The lowest BCUT2D eigenvalue weighted by molar-refractivity contribution is -0.117. The Labute approximate surface area is 281 Å². The van der Waals surface area contributed by atoms with Gasteiger partial charge in [0.05, 0.1) is 51.2 Å². The molecule has 0 spiro atoms. The van der Waals surface area contributed by atoms with Gasteiger partial charge in [-0.1, -0.05) is 30.3 Å². The number of amides is 3. The van der Waals surface area contributed by atoms with Crippen molar-refractivity contribution in [2.45, 2.75) is 44.4 Å². The van der Waals surface area contributed by atoms with Crippen LogP contribution in [0.15, 0.2) is 67.0 Å². The second-order valence-corrected chi connectivity index (χ2v) is 14.0. The van der Waals surface area contributed by atoms with Gasteiger partial charge in [-0.25, -0.2) is 14.6 Å². The summed E-state index contributed by atoms with van der Waals surface area (Å²) in [4.78, 5) is 72.0. The standard InChI is InChI=1S/C37H37N5O7/c43-32(38-17-28(23-4-2-1-3-5-23)34(45)42-29-11-24(35(46)47)6-7-25(29)36(48)49)26-12-30-31(41-19-40-30)13-27(26)33(44)39-18-37-14-20-8-21(15-37)10-22(9-20)16-37/h1-7,11-13,19-22,28H,8-10,14-18H2,(H,38,43)(H,39,44)(H,40,41)(H,42,45)(H,46,47)(H,48,49). The van der Waals surface area contributed by atoms with Crippen molar-refractivity contribution < 1.29 is 34.2 Å². The molecule has 0 saturated heterocycles. The fourth-order valence-electron chi connectivity index (χ4n) is 8.75. The summed E-state index contributed by atoms with van der Waals surface area (Å²) in [5, 5.41) is 27.6. The molecule has 12 nitrogen and oxygen atoms in total. The summed E-state index contributed by atoms with van der Waals surface area (Å²) in [6.07, 6.45) is 8.77. The van der Waals surface area contributed by atoms with Crippen LogP contribution < -0.4 is 16.0 Å². The lowest BCUT2D eigenvalue weighted by atomic mass is 9.49. The molecule has 4 aliphatic rings. The van der Waals surface area contributed by atoms with Gasteiger partial charge in [0.15, 0.2) is 0 Å². The molecule has 0 radical (unpaired) electrons. The smallest absolute Gasteiger partial charge is 0.337 e. The van der Waals surface area contributed by atoms with Crippen molar-refractivity contribution in [3.8, 4) is 0 Å². The Bertz CT molecular complexity index is 1930. The first-order chi connectivity index (χ1) is 23.6. The Hall–Kier alpha value is -5.52. The quantitative estimate of drug-likeness (QED) is 0.128. The molecule has 1 aromatic heterocycles. The van der Waals surface area contributed by atoms with Gasteiger partial charge in [0.2, 0.25) is 5.91 Å². The number of nitrogens with one attached hydrogen (secondary N) is 4. The Balaban J connectivity index is 1.11. The molecule has 0 aliphatic heterocycles. The van der Waals surface area contributed by atoms with E-state index >= 15 is 0 Å². The molecule has 252 valence electrons. The third-order valence-corrected chi connectivity index (χ3v) is 10.6. The van der Waals surface area contributed by atoms with Gasteiger partial charge in [-0.05, 0) is 97.6 Å². The normalized spacial score (nSPS) is 22.7. The number of fused-ring (bicyclic) bond motifs is 1. The second kappa shape index (κ2) is 12.8. The van der Waals surface area contributed by atoms with Gasteiger partial charge >= 0.3 is 11.9 Å². The van der Waals surface area contributed by atoms with Crippen LogP contribution in [0.2, 0.25) is 0 Å². The Morgan fingerprint density at radius 3 is 2.10 bits per heavy atom. The van der Waals surface area contributed by atoms with Crippen LogP contribution in [-0.2, 0) is 4.79 Å². The van der Waals surface area contributed by atoms with Gasteiger partial charge < -0.3 is 31.1 Å². The average Bonchev–Trinajstić information content (AvgIpc) is 3.54. The summed E-state index contributed by atoms with van der Waals surface area (Å²) in [5.74, 6) is -3.03. The number of benzene rings is 3. The number of carbonyl (C=O) groups is 5. The molecule has 6 N–H and O–H groups in total. The molecule has 3 amide bonds. The SMILES string of the molecule is O=C(O)c1ccc(C(=O)O)c(NC(=O)C(CNC(=O)c2cc3nc[nH]c3cc2C(=O)NCC23CC4CC(CC(C4)C2)C3)c2ccccc2)c1. The number of H-pyrrole nitrogens is 1. The van der Waals surface area contributed by atoms with Gasteiger partial charge in [-0.15, -0.1) is 0 Å². The van der Waals surface area contributed by atoms with Crippen LogP contribution in [0.4, 0.5) is 5.69 Å². The predicted octanol–water partition coefficient (Wildman–Crippen LogP) is 5.06. The summed E-state index contributed by atoms with van der Waals surface area (Å²) < 4.78 is 0. The predicted molar refractivity (Wildman–Crippen MR) is 180 cm³/mol. The third-order valence-electron chi connectivity index (χ3n) is 10.6. The summed E-state index contributed by atoms with van der Waals surface area (Å²) in [6, 6.07) is 15.1. The van der Waals surface area contributed by atoms with Crippen molar-refractivity contribution in [1.82, 2.24) is 20.6 Å². The molecule has 49 heavy (non-hydrogen) atoms. The largest absolute Gasteiger partial charge is 0.478 e. The number of nitrogens with zero attached hydrogens (tertiary/aromatic N) is 1. The monoisotopic (exact) mass is 663 g/mol. The topological polar surface area (TPSA) is 191 Å². The van der Waals surface area contributed by atoms with Crippen molar-refractivity contribution >= 4 is 46.4 Å². The maximum absolute atomic E-state index is 13.8. The lowest BCUT2D eigenvalue weighted by Gasteiger charge is -2.56. The van der Waals surface area contributed by atoms with Crippen LogP contribution in [0.1, 0.15) is 91.4 Å². The fourth-order valence-corrected chi connectivity index (χ4v) is 8.75. The second-order valence-electron chi connectivity index (χ2n) is 14.0. The molecule has 4 bridgehead atoms. The van der Waals surface area contributed by atoms with Gasteiger partial charge in [0.25, 0.3) is 11.8 Å². The maximum Gasteiger partial charge on any atom is 0.337 e. The van der Waals surface area contributed by atoms with E-state index in [0.717, 1.165) is 55.2 Å². The zero-order chi connectivity index (χ0) is 34.3. The molecule has 4 aromatic rings. The number of carbonyl (C=O) groups excluding carboxylic acids is 3. The van der Waals surface area contributed by atoms with Crippen molar-refractivity contribution in [3.05, 3.63) is 94.8 Å². The van der Waals surface area contributed by atoms with Crippen molar-refractivity contribution in [2.24, 2.45) is 23.2 Å². The van der Waals surface area contributed by atoms with Gasteiger partial charge in [0, 0.05) is 13.1 Å². The fraction of sp³-hybridized carbons (Fsp3) is 0.351. The zero-order valence-corrected chi connectivity index (χ0v) is 26.7. The van der Waals surface area contributed by atoms with Gasteiger partial charge in [-0.2, -0.15) is 0 Å². The Morgan fingerprint density at radius 2 is 1.45 bits per heavy atom. The first kappa shape index (κ1) is 32.0. The molecule has 4 fully saturated rings. The summed E-state index contributed by atoms with van der Waals surface area (Å²) in [6.45, 7) is 0.359. The Morgan fingerprint density at radius 1 is 0.796 bits per heavy atom. The highest BCUT2D eigenvalue weighted by Crippen LogP contribution is 2.59. The van der Waals surface area contributed by atoms with E-state index in [-0.39, 0.29) is 45.8 Å². The lowest BCUT2D eigenvalue weighted by Crippen LogP contribution is -2.51. The number of carboxylic acids is 2. The van der Waals surface area contributed by atoms with E-state index in [1.165, 1.54) is 25.6 Å². The molecule has 8 rings (SSSR count). The number of hydrogen-bond donors (Lipinski definition) is 6.